The summed E-state index contributed by atoms with van der Waals surface area (Å²) in [6.07, 6.45) is 0.238. The molecule has 0 aliphatic heterocycles. The van der Waals surface area contributed by atoms with E-state index in [0.29, 0.717) is 0 Å². The highest BCUT2D eigenvalue weighted by atomic mass is 35.5. The molecular weight excluding hydrogens is 179 g/mol. The van der Waals surface area contributed by atoms with E-state index in [1.54, 1.807) is 6.92 Å². The van der Waals surface area contributed by atoms with Crippen molar-refractivity contribution >= 4 is 30.8 Å². The Bertz CT molecular complexity index is 107. The van der Waals surface area contributed by atoms with Gasteiger partial charge in [0.15, 0.2) is 5.66 Å². The Hall–Kier alpha value is -0.0300. The molecule has 0 fully saturated rings. The number of aliphatic carboxylic acids is 1. The SMILES string of the molecule is CCC(N)(N)C(=O)O.Cl.Cl. The first-order valence-corrected chi connectivity index (χ1v) is 2.32. The Kier molecular flexibility index (Phi) is 9.47. The van der Waals surface area contributed by atoms with Crippen LogP contribution in [0.15, 0.2) is 0 Å². The van der Waals surface area contributed by atoms with Gasteiger partial charge in [0.25, 0.3) is 0 Å². The minimum Gasteiger partial charge on any atom is -0.479 e. The molecule has 6 heteroatoms. The van der Waals surface area contributed by atoms with Gasteiger partial charge in [-0.25, -0.2) is 4.79 Å². The smallest absolute Gasteiger partial charge is 0.338 e. The largest absolute Gasteiger partial charge is 0.479 e. The standard InChI is InChI=1S/C4H10N2O2.2ClH/c1-2-4(5,6)3(7)8;;/h2,5-6H2,1H3,(H,7,8);2*1H. The molecule has 0 spiro atoms. The third kappa shape index (κ3) is 4.81. The zero-order chi connectivity index (χ0) is 6.78. The number of rotatable bonds is 2. The van der Waals surface area contributed by atoms with Gasteiger partial charge in [0.05, 0.1) is 0 Å². The van der Waals surface area contributed by atoms with E-state index < -0.39 is 11.6 Å². The summed E-state index contributed by atoms with van der Waals surface area (Å²) in [6.45, 7) is 1.62. The summed E-state index contributed by atoms with van der Waals surface area (Å²) in [5.74, 6) is -1.17. The number of halogens is 2. The number of nitrogens with two attached hydrogens (primary N) is 2. The normalized spacial score (nSPS) is 9.10. The van der Waals surface area contributed by atoms with Gasteiger partial charge < -0.3 is 16.6 Å². The molecule has 0 radical (unpaired) electrons. The highest BCUT2D eigenvalue weighted by Gasteiger charge is 2.25. The topological polar surface area (TPSA) is 89.3 Å². The molecule has 0 aliphatic rings. The molecule has 0 aromatic carbocycles. The lowest BCUT2D eigenvalue weighted by atomic mass is 10.1. The van der Waals surface area contributed by atoms with E-state index in [4.69, 9.17) is 16.6 Å². The predicted molar refractivity (Wildman–Crippen MR) is 43.5 cm³/mol. The van der Waals surface area contributed by atoms with Gasteiger partial charge in [-0.2, -0.15) is 0 Å². The molecule has 0 saturated heterocycles. The molecule has 0 aromatic heterocycles. The van der Waals surface area contributed by atoms with E-state index in [1.807, 2.05) is 0 Å². The fourth-order valence-electron chi connectivity index (χ4n) is 0.151. The molecule has 10 heavy (non-hydrogen) atoms. The van der Waals surface area contributed by atoms with Crippen LogP contribution in [0.2, 0.25) is 0 Å². The monoisotopic (exact) mass is 190 g/mol. The fourth-order valence-corrected chi connectivity index (χ4v) is 0.151. The summed E-state index contributed by atoms with van der Waals surface area (Å²) in [6, 6.07) is 0. The van der Waals surface area contributed by atoms with Crippen LogP contribution >= 0.6 is 24.8 Å². The Morgan fingerprint density at radius 1 is 1.50 bits per heavy atom. The van der Waals surface area contributed by atoms with Crippen LogP contribution in [0.1, 0.15) is 13.3 Å². The lowest BCUT2D eigenvalue weighted by Crippen LogP contribution is -2.55. The molecule has 0 unspecified atom stereocenters. The number of carboxylic acid groups (broad SMARTS) is 1. The van der Waals surface area contributed by atoms with E-state index in [1.165, 1.54) is 0 Å². The molecule has 0 aromatic rings. The molecule has 0 heterocycles. The fraction of sp³-hybridized carbons (Fsp3) is 0.750. The molecule has 64 valence electrons. The van der Waals surface area contributed by atoms with E-state index >= 15 is 0 Å². The predicted octanol–water partition coefficient (Wildman–Crippen LogP) is -0.0617. The van der Waals surface area contributed by atoms with E-state index in [9.17, 15) is 4.79 Å². The van der Waals surface area contributed by atoms with Crippen molar-refractivity contribution in [2.75, 3.05) is 0 Å². The second-order valence-electron chi connectivity index (χ2n) is 1.70. The van der Waals surface area contributed by atoms with Crippen LogP contribution in [-0.4, -0.2) is 16.7 Å². The first kappa shape index (κ1) is 16.5. The van der Waals surface area contributed by atoms with Crippen molar-refractivity contribution < 1.29 is 9.90 Å². The molecule has 0 bridgehead atoms. The Morgan fingerprint density at radius 2 is 1.80 bits per heavy atom. The van der Waals surface area contributed by atoms with Crippen molar-refractivity contribution in [2.24, 2.45) is 11.5 Å². The minimum absolute atomic E-state index is 0. The maximum absolute atomic E-state index is 10.0. The quantitative estimate of drug-likeness (QED) is 0.533. The van der Waals surface area contributed by atoms with Gasteiger partial charge in [-0.05, 0) is 6.42 Å². The van der Waals surface area contributed by atoms with Crippen molar-refractivity contribution in [3.63, 3.8) is 0 Å². The summed E-state index contributed by atoms with van der Waals surface area (Å²) < 4.78 is 0. The first-order valence-electron chi connectivity index (χ1n) is 2.32. The number of carboxylic acids is 1. The Balaban J connectivity index is -0.000000245. The van der Waals surface area contributed by atoms with Gasteiger partial charge in [0.2, 0.25) is 0 Å². The summed E-state index contributed by atoms with van der Waals surface area (Å²) in [5.41, 5.74) is 8.53. The second-order valence-corrected chi connectivity index (χ2v) is 1.70. The van der Waals surface area contributed by atoms with Crippen molar-refractivity contribution in [2.45, 2.75) is 19.0 Å². The van der Waals surface area contributed by atoms with Crippen LogP contribution < -0.4 is 11.5 Å². The summed E-state index contributed by atoms with van der Waals surface area (Å²) in [7, 11) is 0. The van der Waals surface area contributed by atoms with Crippen LogP contribution in [0, 0.1) is 0 Å². The first-order chi connectivity index (χ1) is 3.50. The molecule has 5 N–H and O–H groups in total. The molecule has 0 rings (SSSR count). The van der Waals surface area contributed by atoms with Gasteiger partial charge in [-0.1, -0.05) is 6.92 Å². The van der Waals surface area contributed by atoms with Crippen LogP contribution in [0.25, 0.3) is 0 Å². The Labute approximate surface area is 71.8 Å². The molecule has 0 amide bonds. The summed E-state index contributed by atoms with van der Waals surface area (Å²) >= 11 is 0. The van der Waals surface area contributed by atoms with Crippen molar-refractivity contribution in [1.29, 1.82) is 0 Å². The van der Waals surface area contributed by atoms with Gasteiger partial charge >= 0.3 is 5.97 Å². The van der Waals surface area contributed by atoms with Gasteiger partial charge in [0, 0.05) is 0 Å². The lowest BCUT2D eigenvalue weighted by Gasteiger charge is -2.14. The van der Waals surface area contributed by atoms with Gasteiger partial charge in [-0.15, -0.1) is 24.8 Å². The molecular formula is C4H12Cl2N2O2. The average Bonchev–Trinajstić information content (AvgIpc) is 1.67. The van der Waals surface area contributed by atoms with E-state index in [0.717, 1.165) is 0 Å². The number of carbonyl (C=O) groups is 1. The van der Waals surface area contributed by atoms with Crippen LogP contribution in [-0.2, 0) is 4.79 Å². The molecule has 0 saturated carbocycles. The zero-order valence-electron chi connectivity index (χ0n) is 5.53. The minimum atomic E-state index is -1.54. The molecule has 4 nitrogen and oxygen atoms in total. The maximum Gasteiger partial charge on any atom is 0.338 e. The highest BCUT2D eigenvalue weighted by molar-refractivity contribution is 5.85. The highest BCUT2D eigenvalue weighted by Crippen LogP contribution is 1.94. The maximum atomic E-state index is 10.0. The van der Waals surface area contributed by atoms with Crippen LogP contribution in [0.5, 0.6) is 0 Å². The van der Waals surface area contributed by atoms with Gasteiger partial charge in [0.1, 0.15) is 0 Å². The van der Waals surface area contributed by atoms with Crippen molar-refractivity contribution in [3.8, 4) is 0 Å². The van der Waals surface area contributed by atoms with Crippen LogP contribution in [0.3, 0.4) is 0 Å². The second kappa shape index (κ2) is 5.73. The van der Waals surface area contributed by atoms with Crippen LogP contribution in [0.4, 0.5) is 0 Å². The number of hydrogen-bond acceptors (Lipinski definition) is 3. The van der Waals surface area contributed by atoms with E-state index in [2.05, 4.69) is 0 Å². The Morgan fingerprint density at radius 3 is 1.80 bits per heavy atom. The molecule has 0 aliphatic carbocycles. The molecule has 0 atom stereocenters. The zero-order valence-corrected chi connectivity index (χ0v) is 7.17. The van der Waals surface area contributed by atoms with Gasteiger partial charge in [-0.3, -0.25) is 0 Å². The lowest BCUT2D eigenvalue weighted by molar-refractivity contribution is -0.143. The third-order valence-corrected chi connectivity index (χ3v) is 0.983. The third-order valence-electron chi connectivity index (χ3n) is 0.983. The average molecular weight is 191 g/mol. The van der Waals surface area contributed by atoms with E-state index in [-0.39, 0.29) is 31.2 Å². The van der Waals surface area contributed by atoms with Crippen molar-refractivity contribution in [1.82, 2.24) is 0 Å². The number of hydrogen-bond donors (Lipinski definition) is 3. The summed E-state index contributed by atoms with van der Waals surface area (Å²) in [4.78, 5) is 10.0. The summed E-state index contributed by atoms with van der Waals surface area (Å²) in [5, 5.41) is 8.19. The van der Waals surface area contributed by atoms with Crippen molar-refractivity contribution in [3.05, 3.63) is 0 Å².